The molecular weight excluding hydrogens is 444 g/mol. The Morgan fingerprint density at radius 2 is 2.03 bits per heavy atom. The molecule has 1 unspecified atom stereocenters. The lowest BCUT2D eigenvalue weighted by molar-refractivity contribution is -0.385. The van der Waals surface area contributed by atoms with Gasteiger partial charge >= 0.3 is 17.7 Å². The van der Waals surface area contributed by atoms with Crippen LogP contribution in [0.2, 0.25) is 5.28 Å². The van der Waals surface area contributed by atoms with E-state index in [1.165, 1.54) is 9.80 Å². The molecular formula is C19H17ClN6O6. The van der Waals surface area contributed by atoms with E-state index in [9.17, 15) is 30.1 Å². The molecule has 1 aromatic carbocycles. The maximum atomic E-state index is 12.6. The Hall–Kier alpha value is -3.98. The van der Waals surface area contributed by atoms with Crippen LogP contribution < -0.4 is 4.90 Å². The first-order valence-electron chi connectivity index (χ1n) is 9.36. The summed E-state index contributed by atoms with van der Waals surface area (Å²) in [6.45, 7) is 0.187. The number of aromatic nitrogens is 2. The number of nitriles is 1. The van der Waals surface area contributed by atoms with Crippen LogP contribution in [0.5, 0.6) is 0 Å². The van der Waals surface area contributed by atoms with Crippen molar-refractivity contribution in [2.45, 2.75) is 19.1 Å². The highest BCUT2D eigenvalue weighted by Crippen LogP contribution is 2.32. The molecule has 0 bridgehead atoms. The first kappa shape index (κ1) is 22.7. The van der Waals surface area contributed by atoms with Crippen LogP contribution in [0.4, 0.5) is 16.3 Å². The van der Waals surface area contributed by atoms with E-state index in [0.29, 0.717) is 0 Å². The second kappa shape index (κ2) is 9.88. The van der Waals surface area contributed by atoms with Gasteiger partial charge in [0, 0.05) is 19.6 Å². The third-order valence-corrected chi connectivity index (χ3v) is 4.94. The lowest BCUT2D eigenvalue weighted by atomic mass is 10.1. The molecule has 1 fully saturated rings. The van der Waals surface area contributed by atoms with Gasteiger partial charge in [0.15, 0.2) is 0 Å². The summed E-state index contributed by atoms with van der Waals surface area (Å²) in [7, 11) is 0. The molecule has 1 saturated heterocycles. The minimum absolute atomic E-state index is 0.0127. The topological polar surface area (TPSA) is 163 Å². The highest BCUT2D eigenvalue weighted by molar-refractivity contribution is 6.28. The summed E-state index contributed by atoms with van der Waals surface area (Å²) in [4.78, 5) is 44.8. The van der Waals surface area contributed by atoms with Gasteiger partial charge in [-0.1, -0.05) is 30.3 Å². The van der Waals surface area contributed by atoms with Crippen molar-refractivity contribution < 1.29 is 24.4 Å². The summed E-state index contributed by atoms with van der Waals surface area (Å²) in [5, 5.41) is 29.6. The van der Waals surface area contributed by atoms with Crippen LogP contribution in [0.15, 0.2) is 30.3 Å². The van der Waals surface area contributed by atoms with Gasteiger partial charge in [-0.2, -0.15) is 10.2 Å². The standard InChI is InChI=1S/C19H17ClN6O6/c20-18-22-14(17(27)28)15(26(30)31)16(23-18)24-8-9-25(13(10-24)6-7-21)19(29)32-11-12-4-2-1-3-5-12/h1-5,13H,6,8-11H2,(H,27,28). The fourth-order valence-corrected chi connectivity index (χ4v) is 3.49. The minimum Gasteiger partial charge on any atom is -0.476 e. The van der Waals surface area contributed by atoms with E-state index in [-0.39, 0.29) is 38.5 Å². The van der Waals surface area contributed by atoms with Crippen LogP contribution in [-0.2, 0) is 11.3 Å². The fraction of sp³-hybridized carbons (Fsp3) is 0.316. The Labute approximate surface area is 186 Å². The SMILES string of the molecule is N#CCC1CN(c2nc(Cl)nc(C(=O)O)c2[N+](=O)[O-])CCN1C(=O)OCc1ccccc1. The number of hydrogen-bond acceptors (Lipinski definition) is 9. The summed E-state index contributed by atoms with van der Waals surface area (Å²) in [5.74, 6) is -1.91. The number of carboxylic acids is 1. The van der Waals surface area contributed by atoms with Gasteiger partial charge in [0.25, 0.3) is 0 Å². The third-order valence-electron chi connectivity index (χ3n) is 4.77. The predicted molar refractivity (Wildman–Crippen MR) is 110 cm³/mol. The maximum Gasteiger partial charge on any atom is 0.410 e. The Morgan fingerprint density at radius 1 is 1.31 bits per heavy atom. The van der Waals surface area contributed by atoms with Crippen molar-refractivity contribution in [3.8, 4) is 6.07 Å². The molecule has 13 heteroatoms. The first-order valence-corrected chi connectivity index (χ1v) is 9.74. The molecule has 3 rings (SSSR count). The van der Waals surface area contributed by atoms with Crippen molar-refractivity contribution >= 4 is 35.2 Å². The lowest BCUT2D eigenvalue weighted by Crippen LogP contribution is -2.55. The zero-order valence-electron chi connectivity index (χ0n) is 16.5. The summed E-state index contributed by atoms with van der Waals surface area (Å²) >= 11 is 5.79. The summed E-state index contributed by atoms with van der Waals surface area (Å²) in [6.07, 6.45) is -0.704. The van der Waals surface area contributed by atoms with Crippen molar-refractivity contribution in [2.75, 3.05) is 24.5 Å². The summed E-state index contributed by atoms with van der Waals surface area (Å²) in [6, 6.07) is 10.4. The molecule has 0 spiro atoms. The molecule has 1 aliphatic rings. The number of carbonyl (C=O) groups excluding carboxylic acids is 1. The number of halogens is 1. The van der Waals surface area contributed by atoms with Crippen LogP contribution in [-0.4, -0.2) is 62.6 Å². The number of amides is 1. The smallest absolute Gasteiger partial charge is 0.410 e. The average molecular weight is 461 g/mol. The number of anilines is 1. The van der Waals surface area contributed by atoms with Crippen LogP contribution in [0.25, 0.3) is 0 Å². The zero-order valence-corrected chi connectivity index (χ0v) is 17.3. The van der Waals surface area contributed by atoms with E-state index in [1.807, 2.05) is 24.3 Å². The van der Waals surface area contributed by atoms with Crippen LogP contribution in [0, 0.1) is 21.4 Å². The molecule has 1 aliphatic heterocycles. The minimum atomic E-state index is -1.63. The molecule has 1 amide bonds. The number of ether oxygens (including phenoxy) is 1. The molecule has 2 heterocycles. The predicted octanol–water partition coefficient (Wildman–Crippen LogP) is 2.48. The van der Waals surface area contributed by atoms with Gasteiger partial charge in [-0.05, 0) is 17.2 Å². The van der Waals surface area contributed by atoms with Crippen molar-refractivity contribution in [3.05, 3.63) is 57.0 Å². The third kappa shape index (κ3) is 5.01. The molecule has 0 radical (unpaired) electrons. The van der Waals surface area contributed by atoms with E-state index < -0.39 is 39.7 Å². The monoisotopic (exact) mass is 460 g/mol. The summed E-state index contributed by atoms with van der Waals surface area (Å²) in [5.41, 5.74) is -0.854. The number of carbonyl (C=O) groups is 2. The average Bonchev–Trinajstić information content (AvgIpc) is 2.77. The number of hydrogen-bond donors (Lipinski definition) is 1. The van der Waals surface area contributed by atoms with Gasteiger partial charge < -0.3 is 19.6 Å². The molecule has 32 heavy (non-hydrogen) atoms. The van der Waals surface area contributed by atoms with Crippen LogP contribution in [0.3, 0.4) is 0 Å². The second-order valence-corrected chi connectivity index (χ2v) is 7.11. The van der Waals surface area contributed by atoms with E-state index in [0.717, 1.165) is 5.56 Å². The van der Waals surface area contributed by atoms with E-state index in [4.69, 9.17) is 16.3 Å². The Balaban J connectivity index is 1.82. The molecule has 1 aromatic heterocycles. The van der Waals surface area contributed by atoms with Gasteiger partial charge in [-0.3, -0.25) is 10.1 Å². The Kier molecular flexibility index (Phi) is 7.01. The van der Waals surface area contributed by atoms with Crippen molar-refractivity contribution in [1.82, 2.24) is 14.9 Å². The van der Waals surface area contributed by atoms with Crippen molar-refractivity contribution in [1.29, 1.82) is 5.26 Å². The number of aromatic carboxylic acids is 1. The number of nitrogens with zero attached hydrogens (tertiary/aromatic N) is 6. The Bertz CT molecular complexity index is 1080. The molecule has 1 N–H and O–H groups in total. The largest absolute Gasteiger partial charge is 0.476 e. The number of rotatable bonds is 6. The number of carboxylic acid groups (broad SMARTS) is 1. The fourth-order valence-electron chi connectivity index (χ4n) is 3.32. The summed E-state index contributed by atoms with van der Waals surface area (Å²) < 4.78 is 5.34. The van der Waals surface area contributed by atoms with Gasteiger partial charge in [-0.15, -0.1) is 0 Å². The first-order chi connectivity index (χ1) is 15.3. The molecule has 166 valence electrons. The number of piperazine rings is 1. The highest BCUT2D eigenvalue weighted by atomic mass is 35.5. The molecule has 1 atom stereocenters. The maximum absolute atomic E-state index is 12.6. The molecule has 2 aromatic rings. The number of nitro groups is 1. The van der Waals surface area contributed by atoms with E-state index in [1.54, 1.807) is 12.1 Å². The molecule has 12 nitrogen and oxygen atoms in total. The Morgan fingerprint density at radius 3 is 2.66 bits per heavy atom. The van der Waals surface area contributed by atoms with Crippen LogP contribution >= 0.6 is 11.6 Å². The molecule has 0 aliphatic carbocycles. The van der Waals surface area contributed by atoms with Crippen molar-refractivity contribution in [3.63, 3.8) is 0 Å². The van der Waals surface area contributed by atoms with Gasteiger partial charge in [0.05, 0.1) is 23.5 Å². The highest BCUT2D eigenvalue weighted by Gasteiger charge is 2.37. The van der Waals surface area contributed by atoms with E-state index in [2.05, 4.69) is 9.97 Å². The normalized spacial score (nSPS) is 15.7. The van der Waals surface area contributed by atoms with Gasteiger partial charge in [-0.25, -0.2) is 14.6 Å². The van der Waals surface area contributed by atoms with Gasteiger partial charge in [0.1, 0.15) is 6.61 Å². The second-order valence-electron chi connectivity index (χ2n) is 6.77. The number of benzene rings is 1. The molecule has 0 saturated carbocycles. The lowest BCUT2D eigenvalue weighted by Gasteiger charge is -2.40. The van der Waals surface area contributed by atoms with Gasteiger partial charge in [0.2, 0.25) is 16.8 Å². The quantitative estimate of drug-likeness (QED) is 0.384. The van der Waals surface area contributed by atoms with E-state index >= 15 is 0 Å². The van der Waals surface area contributed by atoms with Crippen molar-refractivity contribution in [2.24, 2.45) is 0 Å². The zero-order chi connectivity index (χ0) is 23.3. The van der Waals surface area contributed by atoms with Crippen LogP contribution in [0.1, 0.15) is 22.5 Å².